The van der Waals surface area contributed by atoms with E-state index >= 15 is 0 Å². The highest BCUT2D eigenvalue weighted by molar-refractivity contribution is 5.62. The molecule has 1 aromatic carbocycles. The molecule has 0 bridgehead atoms. The smallest absolute Gasteiger partial charge is 0.0414 e. The second-order valence-electron chi connectivity index (χ2n) is 10.0. The number of rotatable bonds is 12. The lowest BCUT2D eigenvalue weighted by molar-refractivity contribution is 0.609. The van der Waals surface area contributed by atoms with Crippen LogP contribution in [0.2, 0.25) is 0 Å². The molecule has 0 heterocycles. The lowest BCUT2D eigenvalue weighted by atomic mass is 9.87. The van der Waals surface area contributed by atoms with Crippen LogP contribution in [0.3, 0.4) is 0 Å². The Morgan fingerprint density at radius 3 is 2.00 bits per heavy atom. The quantitative estimate of drug-likeness (QED) is 0.288. The zero-order valence-corrected chi connectivity index (χ0v) is 23.2. The van der Waals surface area contributed by atoms with Crippen molar-refractivity contribution in [2.24, 2.45) is 5.92 Å². The van der Waals surface area contributed by atoms with Crippen LogP contribution >= 0.6 is 0 Å². The van der Waals surface area contributed by atoms with Gasteiger partial charge in [-0.15, -0.1) is 0 Å². The number of nitrogens with zero attached hydrogens (tertiary/aromatic N) is 1. The third-order valence-corrected chi connectivity index (χ3v) is 6.67. The van der Waals surface area contributed by atoms with Gasteiger partial charge in [-0.05, 0) is 102 Å². The van der Waals surface area contributed by atoms with Crippen LogP contribution in [-0.2, 0) is 0 Å². The van der Waals surface area contributed by atoms with Gasteiger partial charge in [0.05, 0.1) is 0 Å². The van der Waals surface area contributed by atoms with Crippen LogP contribution in [0.25, 0.3) is 0 Å². The summed E-state index contributed by atoms with van der Waals surface area (Å²) in [6.45, 7) is 28.9. The molecule has 0 radical (unpaired) electrons. The van der Waals surface area contributed by atoms with Crippen molar-refractivity contribution < 1.29 is 0 Å². The number of hydrogen-bond donors (Lipinski definition) is 0. The maximum Gasteiger partial charge on any atom is 0.0414 e. The van der Waals surface area contributed by atoms with E-state index in [9.17, 15) is 0 Å². The van der Waals surface area contributed by atoms with Crippen molar-refractivity contribution in [1.82, 2.24) is 0 Å². The third-order valence-electron chi connectivity index (χ3n) is 6.67. The molecule has 1 unspecified atom stereocenters. The molecule has 0 amide bonds. The first kappa shape index (κ1) is 28.8. The fraction of sp³-hybridized carbons (Fsp3) is 0.500. The second kappa shape index (κ2) is 13.4. The molecule has 0 spiro atoms. The van der Waals surface area contributed by atoms with Crippen molar-refractivity contribution in [2.75, 3.05) is 11.9 Å². The molecule has 1 nitrogen and oxygen atoms in total. The van der Waals surface area contributed by atoms with Gasteiger partial charge in [0, 0.05) is 18.4 Å². The summed E-state index contributed by atoms with van der Waals surface area (Å²) < 4.78 is 0. The highest BCUT2D eigenvalue weighted by Gasteiger charge is 2.17. The van der Waals surface area contributed by atoms with Gasteiger partial charge in [-0.1, -0.05) is 80.2 Å². The Bertz CT molecular complexity index is 875. The molecule has 0 saturated carbocycles. The molecule has 0 saturated heterocycles. The third kappa shape index (κ3) is 7.63. The normalized spacial score (nSPS) is 14.1. The van der Waals surface area contributed by atoms with Crippen LogP contribution in [0.15, 0.2) is 72.0 Å². The molecule has 33 heavy (non-hydrogen) atoms. The van der Waals surface area contributed by atoms with E-state index in [0.717, 1.165) is 18.5 Å². The van der Waals surface area contributed by atoms with Gasteiger partial charge in [-0.25, -0.2) is 0 Å². The fourth-order valence-electron chi connectivity index (χ4n) is 4.56. The van der Waals surface area contributed by atoms with Crippen LogP contribution in [-0.4, -0.2) is 7.05 Å². The highest BCUT2D eigenvalue weighted by Crippen LogP contribution is 2.34. The second-order valence-corrected chi connectivity index (χ2v) is 10.0. The number of hydrogen-bond acceptors (Lipinski definition) is 1. The van der Waals surface area contributed by atoms with Gasteiger partial charge in [0.2, 0.25) is 0 Å². The topological polar surface area (TPSA) is 3.24 Å². The minimum absolute atomic E-state index is 0.455. The Morgan fingerprint density at radius 2 is 1.58 bits per heavy atom. The van der Waals surface area contributed by atoms with Crippen LogP contribution in [0.4, 0.5) is 5.69 Å². The summed E-state index contributed by atoms with van der Waals surface area (Å²) in [7, 11) is 2.17. The van der Waals surface area contributed by atoms with Crippen molar-refractivity contribution in [3.8, 4) is 0 Å². The molecule has 0 aliphatic rings. The molecule has 1 rings (SSSR count). The number of likely N-dealkylation sites (N-methyl/N-ethyl adjacent to an activating group) is 1. The van der Waals surface area contributed by atoms with E-state index < -0.39 is 0 Å². The lowest BCUT2D eigenvalue weighted by Crippen LogP contribution is -2.17. The summed E-state index contributed by atoms with van der Waals surface area (Å²) in [5, 5.41) is 0. The largest absolute Gasteiger partial charge is 0.345 e. The van der Waals surface area contributed by atoms with E-state index in [1.54, 1.807) is 0 Å². The SMILES string of the molecule is C=C/C=C(/C=C(C(=C)C(C)CCC)/C(C)=C\CC)N(C)c1cc(C(C)C)c(C)c(C(C)C)c1. The standard InChI is InChI=1S/C32H49N/c1-13-16-24(8)26(10)32(25(9)17-14-2)19-28(18-15-3)33(12)29-20-30(22(4)5)27(11)31(21-29)23(6)7/h15,17-24H,3,10,13-14,16H2,1-2,4-9,11-12H3/b25-17-,28-18-,32-19-. The van der Waals surface area contributed by atoms with E-state index in [1.807, 2.05) is 6.08 Å². The van der Waals surface area contributed by atoms with Gasteiger partial charge in [-0.3, -0.25) is 0 Å². The molecule has 0 aromatic heterocycles. The van der Waals surface area contributed by atoms with Gasteiger partial charge < -0.3 is 4.90 Å². The van der Waals surface area contributed by atoms with Crippen LogP contribution in [0, 0.1) is 12.8 Å². The summed E-state index contributed by atoms with van der Waals surface area (Å²) in [5.41, 5.74) is 10.4. The van der Waals surface area contributed by atoms with E-state index in [0.29, 0.717) is 17.8 Å². The van der Waals surface area contributed by atoms with Gasteiger partial charge in [0.1, 0.15) is 0 Å². The first-order chi connectivity index (χ1) is 15.5. The molecule has 182 valence electrons. The van der Waals surface area contributed by atoms with Gasteiger partial charge in [-0.2, -0.15) is 0 Å². The number of benzene rings is 1. The zero-order valence-electron chi connectivity index (χ0n) is 23.2. The lowest BCUT2D eigenvalue weighted by Gasteiger charge is -2.27. The van der Waals surface area contributed by atoms with E-state index in [1.165, 1.54) is 45.5 Å². The van der Waals surface area contributed by atoms with E-state index in [4.69, 9.17) is 0 Å². The Balaban J connectivity index is 3.68. The maximum absolute atomic E-state index is 4.53. The van der Waals surface area contributed by atoms with Gasteiger partial charge in [0.15, 0.2) is 0 Å². The Morgan fingerprint density at radius 1 is 1.03 bits per heavy atom. The first-order valence-electron chi connectivity index (χ1n) is 12.8. The molecular weight excluding hydrogens is 398 g/mol. The van der Waals surface area contributed by atoms with Crippen molar-refractivity contribution in [2.45, 2.75) is 93.4 Å². The summed E-state index contributed by atoms with van der Waals surface area (Å²) in [6, 6.07) is 4.72. The van der Waals surface area contributed by atoms with Crippen LogP contribution in [0.5, 0.6) is 0 Å². The average Bonchev–Trinajstić information content (AvgIpc) is 2.75. The number of anilines is 1. The Labute approximate surface area is 205 Å². The molecule has 0 N–H and O–H groups in total. The monoisotopic (exact) mass is 447 g/mol. The van der Waals surface area contributed by atoms with E-state index in [-0.39, 0.29) is 0 Å². The molecule has 1 atom stereocenters. The molecular formula is C32H49N. The summed E-state index contributed by atoms with van der Waals surface area (Å²) in [5.74, 6) is 1.42. The van der Waals surface area contributed by atoms with Crippen molar-refractivity contribution in [1.29, 1.82) is 0 Å². The predicted molar refractivity (Wildman–Crippen MR) is 151 cm³/mol. The Hall–Kier alpha value is -2.28. The summed E-state index contributed by atoms with van der Waals surface area (Å²) >= 11 is 0. The molecule has 1 heteroatoms. The summed E-state index contributed by atoms with van der Waals surface area (Å²) in [4.78, 5) is 2.30. The predicted octanol–water partition coefficient (Wildman–Crippen LogP) is 10.0. The minimum Gasteiger partial charge on any atom is -0.345 e. The first-order valence-corrected chi connectivity index (χ1v) is 12.8. The highest BCUT2D eigenvalue weighted by atomic mass is 15.1. The molecule has 0 fully saturated rings. The van der Waals surface area contributed by atoms with Crippen LogP contribution < -0.4 is 4.90 Å². The van der Waals surface area contributed by atoms with Crippen molar-refractivity contribution in [3.63, 3.8) is 0 Å². The summed E-state index contributed by atoms with van der Waals surface area (Å²) in [6.07, 6.45) is 11.9. The average molecular weight is 448 g/mol. The Kier molecular flexibility index (Phi) is 11.7. The number of allylic oxidation sites excluding steroid dienone is 7. The van der Waals surface area contributed by atoms with Crippen molar-refractivity contribution >= 4 is 5.69 Å². The molecule has 0 aliphatic heterocycles. The van der Waals surface area contributed by atoms with Gasteiger partial charge >= 0.3 is 0 Å². The maximum atomic E-state index is 4.53. The fourth-order valence-corrected chi connectivity index (χ4v) is 4.56. The zero-order chi connectivity index (χ0) is 25.3. The minimum atomic E-state index is 0.455. The molecule has 1 aromatic rings. The van der Waals surface area contributed by atoms with E-state index in [2.05, 4.69) is 118 Å². The van der Waals surface area contributed by atoms with Crippen molar-refractivity contribution in [3.05, 3.63) is 88.7 Å². The molecule has 0 aliphatic carbocycles. The van der Waals surface area contributed by atoms with Gasteiger partial charge in [0.25, 0.3) is 0 Å². The van der Waals surface area contributed by atoms with Crippen LogP contribution in [0.1, 0.15) is 103 Å².